The number of amides is 1. The minimum atomic E-state index is -0.0886. The van der Waals surface area contributed by atoms with Gasteiger partial charge in [-0.15, -0.1) is 0 Å². The average molecular weight is 326 g/mol. The van der Waals surface area contributed by atoms with Gasteiger partial charge in [-0.3, -0.25) is 4.79 Å². The summed E-state index contributed by atoms with van der Waals surface area (Å²) in [6.07, 6.45) is 2.69. The van der Waals surface area contributed by atoms with Gasteiger partial charge in [0.25, 0.3) is 5.91 Å². The van der Waals surface area contributed by atoms with Crippen LogP contribution in [0.2, 0.25) is 0 Å². The molecule has 0 radical (unpaired) electrons. The van der Waals surface area contributed by atoms with E-state index in [1.54, 1.807) is 18.3 Å². The lowest BCUT2D eigenvalue weighted by Crippen LogP contribution is -2.23. The van der Waals surface area contributed by atoms with Crippen LogP contribution in [0.3, 0.4) is 0 Å². The van der Waals surface area contributed by atoms with E-state index in [1.807, 2.05) is 31.2 Å². The molecular weight excluding hydrogens is 300 g/mol. The van der Waals surface area contributed by atoms with Crippen molar-refractivity contribution in [2.75, 3.05) is 32.5 Å². The molecule has 0 unspecified atom stereocenters. The minimum Gasteiger partial charge on any atom is -0.370 e. The molecule has 5 nitrogen and oxygen atoms in total. The molecule has 2 rings (SSSR count). The Bertz CT molecular complexity index is 653. The van der Waals surface area contributed by atoms with Crippen molar-refractivity contribution in [3.05, 3.63) is 59.3 Å². The van der Waals surface area contributed by atoms with E-state index in [-0.39, 0.29) is 5.91 Å². The van der Waals surface area contributed by atoms with Gasteiger partial charge in [0, 0.05) is 24.8 Å². The fraction of sp³-hybridized carbons (Fsp3) is 0.368. The standard InChI is InChI=1S/C19H26N4O/c1-15-5-7-16(8-6-15)14-22-19(24)17-9-11-21-18(13-17)20-10-4-12-23(2)3/h5-9,11,13H,4,10,12,14H2,1-3H3,(H,20,21)(H,22,24). The van der Waals surface area contributed by atoms with Crippen LogP contribution in [0.15, 0.2) is 42.6 Å². The third-order valence-corrected chi connectivity index (χ3v) is 3.68. The van der Waals surface area contributed by atoms with Gasteiger partial charge in [0.2, 0.25) is 0 Å². The van der Waals surface area contributed by atoms with E-state index in [2.05, 4.69) is 34.6 Å². The second-order valence-corrected chi connectivity index (χ2v) is 6.18. The average Bonchev–Trinajstić information content (AvgIpc) is 2.58. The number of aryl methyl sites for hydroxylation is 1. The van der Waals surface area contributed by atoms with E-state index >= 15 is 0 Å². The third kappa shape index (κ3) is 6.01. The van der Waals surface area contributed by atoms with Crippen molar-refractivity contribution in [1.82, 2.24) is 15.2 Å². The van der Waals surface area contributed by atoms with Gasteiger partial charge in [-0.2, -0.15) is 0 Å². The summed E-state index contributed by atoms with van der Waals surface area (Å²) < 4.78 is 0. The van der Waals surface area contributed by atoms with E-state index in [4.69, 9.17) is 0 Å². The molecule has 24 heavy (non-hydrogen) atoms. The molecular formula is C19H26N4O. The Hall–Kier alpha value is -2.40. The zero-order valence-electron chi connectivity index (χ0n) is 14.7. The molecule has 0 aliphatic carbocycles. The lowest BCUT2D eigenvalue weighted by atomic mass is 10.1. The molecule has 128 valence electrons. The molecule has 5 heteroatoms. The van der Waals surface area contributed by atoms with Crippen molar-refractivity contribution in [3.63, 3.8) is 0 Å². The Balaban J connectivity index is 1.85. The van der Waals surface area contributed by atoms with Crippen molar-refractivity contribution in [3.8, 4) is 0 Å². The van der Waals surface area contributed by atoms with E-state index in [0.29, 0.717) is 12.1 Å². The quantitative estimate of drug-likeness (QED) is 0.732. The summed E-state index contributed by atoms with van der Waals surface area (Å²) in [6.45, 7) is 4.42. The highest BCUT2D eigenvalue weighted by atomic mass is 16.1. The number of rotatable bonds is 8. The number of nitrogens with zero attached hydrogens (tertiary/aromatic N) is 2. The highest BCUT2D eigenvalue weighted by Crippen LogP contribution is 2.08. The second-order valence-electron chi connectivity index (χ2n) is 6.18. The van der Waals surface area contributed by atoms with Gasteiger partial charge < -0.3 is 15.5 Å². The van der Waals surface area contributed by atoms with Gasteiger partial charge in [0.05, 0.1) is 0 Å². The number of benzene rings is 1. The maximum atomic E-state index is 12.3. The molecule has 0 aliphatic heterocycles. The van der Waals surface area contributed by atoms with Crippen LogP contribution in [0.4, 0.5) is 5.82 Å². The van der Waals surface area contributed by atoms with Crippen molar-refractivity contribution in [2.45, 2.75) is 19.9 Å². The van der Waals surface area contributed by atoms with Crippen LogP contribution in [-0.2, 0) is 6.54 Å². The lowest BCUT2D eigenvalue weighted by Gasteiger charge is -2.11. The molecule has 0 fully saturated rings. The van der Waals surface area contributed by atoms with Gasteiger partial charge >= 0.3 is 0 Å². The Morgan fingerprint density at radius 1 is 1.17 bits per heavy atom. The number of carbonyl (C=O) groups excluding carboxylic acids is 1. The summed E-state index contributed by atoms with van der Waals surface area (Å²) >= 11 is 0. The van der Waals surface area contributed by atoms with Crippen LogP contribution in [0.5, 0.6) is 0 Å². The number of anilines is 1. The van der Waals surface area contributed by atoms with Crippen LogP contribution in [-0.4, -0.2) is 43.0 Å². The monoisotopic (exact) mass is 326 g/mol. The maximum Gasteiger partial charge on any atom is 0.251 e. The van der Waals surface area contributed by atoms with Gasteiger partial charge in [-0.25, -0.2) is 4.98 Å². The number of hydrogen-bond acceptors (Lipinski definition) is 4. The molecule has 2 aromatic rings. The topological polar surface area (TPSA) is 57.3 Å². The van der Waals surface area contributed by atoms with Crippen molar-refractivity contribution in [2.24, 2.45) is 0 Å². The number of aromatic nitrogens is 1. The first kappa shape index (κ1) is 17.9. The van der Waals surface area contributed by atoms with Crippen LogP contribution in [0.1, 0.15) is 27.9 Å². The van der Waals surface area contributed by atoms with Crippen molar-refractivity contribution < 1.29 is 4.79 Å². The molecule has 0 saturated carbocycles. The fourth-order valence-electron chi connectivity index (χ4n) is 2.27. The number of nitrogens with one attached hydrogen (secondary N) is 2. The molecule has 1 amide bonds. The summed E-state index contributed by atoms with van der Waals surface area (Å²) in [6, 6.07) is 11.7. The molecule has 1 heterocycles. The normalized spacial score (nSPS) is 10.7. The van der Waals surface area contributed by atoms with Crippen LogP contribution >= 0.6 is 0 Å². The Morgan fingerprint density at radius 2 is 1.92 bits per heavy atom. The van der Waals surface area contributed by atoms with Gasteiger partial charge in [0.1, 0.15) is 5.82 Å². The summed E-state index contributed by atoms with van der Waals surface area (Å²) in [5.41, 5.74) is 2.92. The molecule has 0 atom stereocenters. The lowest BCUT2D eigenvalue weighted by molar-refractivity contribution is 0.0951. The molecule has 0 spiro atoms. The van der Waals surface area contributed by atoms with E-state index in [0.717, 1.165) is 30.9 Å². The Kier molecular flexibility index (Phi) is 6.75. The first-order valence-corrected chi connectivity index (χ1v) is 8.23. The predicted octanol–water partition coefficient (Wildman–Crippen LogP) is 2.68. The predicted molar refractivity (Wildman–Crippen MR) is 98.2 cm³/mol. The van der Waals surface area contributed by atoms with E-state index < -0.39 is 0 Å². The minimum absolute atomic E-state index is 0.0886. The van der Waals surface area contributed by atoms with Crippen molar-refractivity contribution in [1.29, 1.82) is 0 Å². The van der Waals surface area contributed by atoms with Crippen LogP contribution in [0.25, 0.3) is 0 Å². The van der Waals surface area contributed by atoms with Gasteiger partial charge in [-0.1, -0.05) is 29.8 Å². The first-order chi connectivity index (χ1) is 11.5. The summed E-state index contributed by atoms with van der Waals surface area (Å²) in [5, 5.41) is 6.20. The van der Waals surface area contributed by atoms with Gasteiger partial charge in [-0.05, 0) is 51.7 Å². The zero-order chi connectivity index (χ0) is 17.4. The first-order valence-electron chi connectivity index (χ1n) is 8.23. The highest BCUT2D eigenvalue weighted by molar-refractivity contribution is 5.94. The highest BCUT2D eigenvalue weighted by Gasteiger charge is 2.06. The van der Waals surface area contributed by atoms with Crippen molar-refractivity contribution >= 4 is 11.7 Å². The molecule has 0 saturated heterocycles. The zero-order valence-corrected chi connectivity index (χ0v) is 14.7. The second kappa shape index (κ2) is 9.03. The van der Waals surface area contributed by atoms with E-state index in [9.17, 15) is 4.79 Å². The Morgan fingerprint density at radius 3 is 2.62 bits per heavy atom. The van der Waals surface area contributed by atoms with Gasteiger partial charge in [0.15, 0.2) is 0 Å². The fourth-order valence-corrected chi connectivity index (χ4v) is 2.27. The molecule has 0 bridgehead atoms. The number of hydrogen-bond donors (Lipinski definition) is 2. The molecule has 1 aromatic carbocycles. The smallest absolute Gasteiger partial charge is 0.251 e. The molecule has 0 aliphatic rings. The summed E-state index contributed by atoms with van der Waals surface area (Å²) in [5.74, 6) is 0.644. The van der Waals surface area contributed by atoms with Crippen LogP contribution < -0.4 is 10.6 Å². The maximum absolute atomic E-state index is 12.3. The van der Waals surface area contributed by atoms with Crippen LogP contribution in [0, 0.1) is 6.92 Å². The number of carbonyl (C=O) groups is 1. The molecule has 1 aromatic heterocycles. The SMILES string of the molecule is Cc1ccc(CNC(=O)c2ccnc(NCCCN(C)C)c2)cc1. The third-order valence-electron chi connectivity index (χ3n) is 3.68. The summed E-state index contributed by atoms with van der Waals surface area (Å²) in [4.78, 5) is 18.7. The summed E-state index contributed by atoms with van der Waals surface area (Å²) in [7, 11) is 4.11. The van der Waals surface area contributed by atoms with E-state index in [1.165, 1.54) is 5.56 Å². The molecule has 2 N–H and O–H groups in total. The number of pyridine rings is 1. The Labute approximate surface area is 144 Å². The largest absolute Gasteiger partial charge is 0.370 e.